The second kappa shape index (κ2) is 5.05. The van der Waals surface area contributed by atoms with Gasteiger partial charge in [0.05, 0.1) is 0 Å². The van der Waals surface area contributed by atoms with Crippen molar-refractivity contribution in [2.75, 3.05) is 5.32 Å². The predicted octanol–water partition coefficient (Wildman–Crippen LogP) is 5.51. The molecule has 0 spiro atoms. The maximum Gasteiger partial charge on any atom is 0.138 e. The number of nitrogens with one attached hydrogen (secondary N) is 1. The summed E-state index contributed by atoms with van der Waals surface area (Å²) in [4.78, 5) is 4.84. The molecular formula is C18H15ClN2. The van der Waals surface area contributed by atoms with Crippen molar-refractivity contribution in [1.82, 2.24) is 4.98 Å². The molecule has 0 atom stereocenters. The number of benzene rings is 2. The van der Waals surface area contributed by atoms with Gasteiger partial charge in [0.15, 0.2) is 0 Å². The van der Waals surface area contributed by atoms with Gasteiger partial charge >= 0.3 is 0 Å². The second-order valence-electron chi connectivity index (χ2n) is 5.52. The number of aromatic nitrogens is 1. The fourth-order valence-electron chi connectivity index (χ4n) is 2.57. The number of pyridine rings is 1. The molecule has 104 valence electrons. The van der Waals surface area contributed by atoms with Crippen LogP contribution in [0.25, 0.3) is 10.8 Å². The Kier molecular flexibility index (Phi) is 3.04. The first kappa shape index (κ1) is 12.7. The van der Waals surface area contributed by atoms with Gasteiger partial charge in [0.2, 0.25) is 0 Å². The monoisotopic (exact) mass is 294 g/mol. The van der Waals surface area contributed by atoms with Crippen LogP contribution in [0.3, 0.4) is 0 Å². The Hall–Kier alpha value is -2.06. The van der Waals surface area contributed by atoms with Crippen molar-refractivity contribution in [3.63, 3.8) is 0 Å². The van der Waals surface area contributed by atoms with Crippen LogP contribution in [-0.4, -0.2) is 4.98 Å². The van der Waals surface area contributed by atoms with E-state index in [1.54, 1.807) is 0 Å². The van der Waals surface area contributed by atoms with Gasteiger partial charge in [-0.25, -0.2) is 4.98 Å². The molecule has 21 heavy (non-hydrogen) atoms. The average Bonchev–Trinajstić information content (AvgIpc) is 3.34. The minimum Gasteiger partial charge on any atom is -0.340 e. The van der Waals surface area contributed by atoms with Gasteiger partial charge in [-0.2, -0.15) is 0 Å². The molecule has 0 saturated heterocycles. The van der Waals surface area contributed by atoms with E-state index in [1.165, 1.54) is 23.9 Å². The van der Waals surface area contributed by atoms with E-state index >= 15 is 0 Å². The fourth-order valence-corrected chi connectivity index (χ4v) is 2.70. The van der Waals surface area contributed by atoms with Crippen molar-refractivity contribution in [3.05, 3.63) is 65.3 Å². The summed E-state index contributed by atoms with van der Waals surface area (Å²) >= 11 is 5.94. The van der Waals surface area contributed by atoms with Crippen molar-refractivity contribution in [2.24, 2.45) is 0 Å². The van der Waals surface area contributed by atoms with Gasteiger partial charge in [0.1, 0.15) is 5.82 Å². The summed E-state index contributed by atoms with van der Waals surface area (Å²) in [7, 11) is 0. The molecule has 1 aromatic heterocycles. The Labute approximate surface area is 128 Å². The third kappa shape index (κ3) is 2.59. The van der Waals surface area contributed by atoms with E-state index in [-0.39, 0.29) is 0 Å². The number of halogens is 1. The molecular weight excluding hydrogens is 280 g/mol. The highest BCUT2D eigenvalue weighted by atomic mass is 35.5. The van der Waals surface area contributed by atoms with Gasteiger partial charge in [-0.3, -0.25) is 0 Å². The van der Waals surface area contributed by atoms with Gasteiger partial charge in [0.25, 0.3) is 0 Å². The molecule has 1 aliphatic rings. The molecule has 4 rings (SSSR count). The zero-order valence-corrected chi connectivity index (χ0v) is 12.3. The van der Waals surface area contributed by atoms with E-state index in [1.807, 2.05) is 30.3 Å². The summed E-state index contributed by atoms with van der Waals surface area (Å²) < 4.78 is 0. The van der Waals surface area contributed by atoms with Crippen LogP contribution >= 0.6 is 11.6 Å². The molecule has 1 aliphatic carbocycles. The lowest BCUT2D eigenvalue weighted by Gasteiger charge is -2.11. The molecule has 2 aromatic carbocycles. The Morgan fingerprint density at radius 1 is 1.00 bits per heavy atom. The molecule has 3 heteroatoms. The molecule has 1 fully saturated rings. The SMILES string of the molecule is Clc1ccc(Nc2nc(C3CC3)cc3ccccc23)cc1. The van der Waals surface area contributed by atoms with Crippen LogP contribution in [0.2, 0.25) is 5.02 Å². The molecule has 0 radical (unpaired) electrons. The van der Waals surface area contributed by atoms with Crippen LogP contribution in [0.15, 0.2) is 54.6 Å². The van der Waals surface area contributed by atoms with Gasteiger partial charge < -0.3 is 5.32 Å². The highest BCUT2D eigenvalue weighted by molar-refractivity contribution is 6.30. The number of nitrogens with zero attached hydrogens (tertiary/aromatic N) is 1. The lowest BCUT2D eigenvalue weighted by Crippen LogP contribution is -1.98. The number of hydrogen-bond acceptors (Lipinski definition) is 2. The fraction of sp³-hybridized carbons (Fsp3) is 0.167. The summed E-state index contributed by atoms with van der Waals surface area (Å²) in [6, 6.07) is 18.3. The van der Waals surface area contributed by atoms with Crippen LogP contribution in [0.5, 0.6) is 0 Å². The van der Waals surface area contributed by atoms with Crippen molar-refractivity contribution in [3.8, 4) is 0 Å². The highest BCUT2D eigenvalue weighted by Gasteiger charge is 2.25. The van der Waals surface area contributed by atoms with Crippen molar-refractivity contribution in [1.29, 1.82) is 0 Å². The molecule has 1 N–H and O–H groups in total. The van der Waals surface area contributed by atoms with Crippen molar-refractivity contribution >= 4 is 33.9 Å². The lowest BCUT2D eigenvalue weighted by atomic mass is 10.1. The average molecular weight is 295 g/mol. The van der Waals surface area contributed by atoms with Crippen molar-refractivity contribution in [2.45, 2.75) is 18.8 Å². The minimum atomic E-state index is 0.639. The number of fused-ring (bicyclic) bond motifs is 1. The zero-order valence-electron chi connectivity index (χ0n) is 11.5. The Morgan fingerprint density at radius 3 is 2.52 bits per heavy atom. The van der Waals surface area contributed by atoms with E-state index in [0.717, 1.165) is 21.9 Å². The van der Waals surface area contributed by atoms with E-state index in [0.29, 0.717) is 5.92 Å². The largest absolute Gasteiger partial charge is 0.340 e. The number of hydrogen-bond donors (Lipinski definition) is 1. The summed E-state index contributed by atoms with van der Waals surface area (Å²) in [6.07, 6.45) is 2.51. The van der Waals surface area contributed by atoms with E-state index in [4.69, 9.17) is 16.6 Å². The Bertz CT molecular complexity index is 792. The molecule has 0 amide bonds. The first-order valence-electron chi connectivity index (χ1n) is 7.22. The molecule has 0 unspecified atom stereocenters. The summed E-state index contributed by atoms with van der Waals surface area (Å²) in [5.41, 5.74) is 2.20. The van der Waals surface area contributed by atoms with E-state index in [2.05, 4.69) is 29.6 Å². The van der Waals surface area contributed by atoms with E-state index < -0.39 is 0 Å². The van der Waals surface area contributed by atoms with Gasteiger partial charge in [-0.1, -0.05) is 35.9 Å². The lowest BCUT2D eigenvalue weighted by molar-refractivity contribution is 1.03. The third-order valence-electron chi connectivity index (χ3n) is 3.86. The topological polar surface area (TPSA) is 24.9 Å². The standard InChI is InChI=1S/C18H15ClN2/c19-14-7-9-15(10-8-14)20-18-16-4-2-1-3-13(16)11-17(21-18)12-5-6-12/h1-4,7-12H,5-6H2,(H,20,21). The highest BCUT2D eigenvalue weighted by Crippen LogP contribution is 2.41. The number of anilines is 2. The smallest absolute Gasteiger partial charge is 0.138 e. The van der Waals surface area contributed by atoms with E-state index in [9.17, 15) is 0 Å². The second-order valence-corrected chi connectivity index (χ2v) is 5.96. The Morgan fingerprint density at radius 2 is 1.76 bits per heavy atom. The van der Waals surface area contributed by atoms with Crippen LogP contribution in [0.4, 0.5) is 11.5 Å². The van der Waals surface area contributed by atoms with Crippen LogP contribution in [-0.2, 0) is 0 Å². The number of rotatable bonds is 3. The maximum absolute atomic E-state index is 5.94. The maximum atomic E-state index is 5.94. The van der Waals surface area contributed by atoms with Crippen molar-refractivity contribution < 1.29 is 0 Å². The summed E-state index contributed by atoms with van der Waals surface area (Å²) in [5, 5.41) is 6.56. The van der Waals surface area contributed by atoms with Gasteiger partial charge in [0, 0.05) is 27.7 Å². The first-order chi connectivity index (χ1) is 10.3. The Balaban J connectivity index is 1.80. The normalized spacial score (nSPS) is 14.3. The molecule has 1 saturated carbocycles. The molecule has 1 heterocycles. The molecule has 2 nitrogen and oxygen atoms in total. The molecule has 0 aliphatic heterocycles. The molecule has 3 aromatic rings. The quantitative estimate of drug-likeness (QED) is 0.689. The summed E-state index contributed by atoms with van der Waals surface area (Å²) in [5.74, 6) is 1.57. The van der Waals surface area contributed by atoms with Crippen LogP contribution in [0, 0.1) is 0 Å². The molecule has 0 bridgehead atoms. The third-order valence-corrected chi connectivity index (χ3v) is 4.11. The predicted molar refractivity (Wildman–Crippen MR) is 88.5 cm³/mol. The van der Waals surface area contributed by atoms with Crippen LogP contribution < -0.4 is 5.32 Å². The first-order valence-corrected chi connectivity index (χ1v) is 7.60. The van der Waals surface area contributed by atoms with Gasteiger partial charge in [-0.05, 0) is 48.6 Å². The van der Waals surface area contributed by atoms with Gasteiger partial charge in [-0.15, -0.1) is 0 Å². The minimum absolute atomic E-state index is 0.639. The zero-order chi connectivity index (χ0) is 14.2. The summed E-state index contributed by atoms with van der Waals surface area (Å²) in [6.45, 7) is 0. The van der Waals surface area contributed by atoms with Crippen LogP contribution in [0.1, 0.15) is 24.5 Å².